The van der Waals surface area contributed by atoms with E-state index in [4.69, 9.17) is 5.41 Å². The summed E-state index contributed by atoms with van der Waals surface area (Å²) in [7, 11) is 0. The van der Waals surface area contributed by atoms with E-state index in [1.54, 1.807) is 0 Å². The van der Waals surface area contributed by atoms with E-state index in [1.807, 2.05) is 6.92 Å². The van der Waals surface area contributed by atoms with Crippen LogP contribution in [0, 0.1) is 18.3 Å². The minimum Gasteiger partial charge on any atom is -0.310 e. The highest BCUT2D eigenvalue weighted by molar-refractivity contribution is 5.78. The van der Waals surface area contributed by atoms with E-state index < -0.39 is 0 Å². The highest BCUT2D eigenvalue weighted by Crippen LogP contribution is 2.05. The SMILES string of the molecule is [CH2]C(C)CCCC(C)=N. The second kappa shape index (κ2) is 4.54. The van der Waals surface area contributed by atoms with Gasteiger partial charge in [-0.1, -0.05) is 20.3 Å². The van der Waals surface area contributed by atoms with Crippen LogP contribution in [0.5, 0.6) is 0 Å². The lowest BCUT2D eigenvalue weighted by atomic mass is 10.1. The maximum absolute atomic E-state index is 7.12. The normalized spacial score (nSPS) is 10.2. The molecular formula is C8H16N. The van der Waals surface area contributed by atoms with Crippen LogP contribution < -0.4 is 0 Å². The predicted octanol–water partition coefficient (Wildman–Crippen LogP) is 2.67. The average Bonchev–Trinajstić information content (AvgIpc) is 1.63. The van der Waals surface area contributed by atoms with Gasteiger partial charge in [-0.15, -0.1) is 0 Å². The molecule has 0 amide bonds. The van der Waals surface area contributed by atoms with Crippen molar-refractivity contribution in [3.8, 4) is 0 Å². The maximum atomic E-state index is 7.12. The van der Waals surface area contributed by atoms with Crippen LogP contribution in [0.2, 0.25) is 0 Å². The van der Waals surface area contributed by atoms with E-state index in [0.717, 1.165) is 25.0 Å². The molecule has 0 spiro atoms. The Balaban J connectivity index is 3.01. The molecule has 0 aromatic rings. The van der Waals surface area contributed by atoms with Crippen LogP contribution in [0.4, 0.5) is 0 Å². The molecule has 9 heavy (non-hydrogen) atoms. The lowest BCUT2D eigenvalue weighted by molar-refractivity contribution is 0.614. The van der Waals surface area contributed by atoms with Crippen LogP contribution in [0.15, 0.2) is 0 Å². The van der Waals surface area contributed by atoms with Gasteiger partial charge in [0.15, 0.2) is 0 Å². The van der Waals surface area contributed by atoms with Gasteiger partial charge in [-0.2, -0.15) is 0 Å². The summed E-state index contributed by atoms with van der Waals surface area (Å²) in [5, 5.41) is 7.12. The summed E-state index contributed by atoms with van der Waals surface area (Å²) in [5.41, 5.74) is 0.788. The molecule has 53 valence electrons. The Hall–Kier alpha value is -0.330. The minimum absolute atomic E-state index is 0.546. The monoisotopic (exact) mass is 126 g/mol. The first-order chi connectivity index (χ1) is 4.13. The van der Waals surface area contributed by atoms with Gasteiger partial charge in [-0.25, -0.2) is 0 Å². The molecule has 0 fully saturated rings. The molecule has 0 aliphatic carbocycles. The Morgan fingerprint density at radius 3 is 2.56 bits per heavy atom. The largest absolute Gasteiger partial charge is 0.310 e. The van der Waals surface area contributed by atoms with Crippen LogP contribution in [-0.2, 0) is 0 Å². The zero-order valence-electron chi connectivity index (χ0n) is 6.41. The molecular weight excluding hydrogens is 110 g/mol. The first-order valence-electron chi connectivity index (χ1n) is 3.50. The van der Waals surface area contributed by atoms with E-state index in [2.05, 4.69) is 13.8 Å². The number of rotatable bonds is 4. The van der Waals surface area contributed by atoms with Crippen LogP contribution >= 0.6 is 0 Å². The molecule has 1 radical (unpaired) electrons. The van der Waals surface area contributed by atoms with Crippen molar-refractivity contribution in [2.75, 3.05) is 0 Å². The van der Waals surface area contributed by atoms with Crippen molar-refractivity contribution < 1.29 is 0 Å². The molecule has 1 N–H and O–H groups in total. The molecule has 0 aromatic heterocycles. The molecule has 0 rings (SSSR count). The van der Waals surface area contributed by atoms with Crippen LogP contribution in [0.3, 0.4) is 0 Å². The van der Waals surface area contributed by atoms with Gasteiger partial charge in [-0.05, 0) is 25.7 Å². The van der Waals surface area contributed by atoms with E-state index >= 15 is 0 Å². The average molecular weight is 126 g/mol. The van der Waals surface area contributed by atoms with E-state index in [0.29, 0.717) is 5.92 Å². The van der Waals surface area contributed by atoms with Crippen LogP contribution in [0.1, 0.15) is 33.1 Å². The van der Waals surface area contributed by atoms with E-state index in [-0.39, 0.29) is 0 Å². The Morgan fingerprint density at radius 1 is 1.67 bits per heavy atom. The van der Waals surface area contributed by atoms with Crippen molar-refractivity contribution in [2.24, 2.45) is 5.92 Å². The van der Waals surface area contributed by atoms with Gasteiger partial charge in [-0.3, -0.25) is 0 Å². The minimum atomic E-state index is 0.546. The second-order valence-corrected chi connectivity index (χ2v) is 2.78. The van der Waals surface area contributed by atoms with Gasteiger partial charge in [0.05, 0.1) is 0 Å². The van der Waals surface area contributed by atoms with Gasteiger partial charge in [0.1, 0.15) is 0 Å². The standard InChI is InChI=1S/C8H16N/c1-7(2)5-4-6-8(3)9/h7,9H,1,4-6H2,2-3H3. The van der Waals surface area contributed by atoms with Gasteiger partial charge in [0.2, 0.25) is 0 Å². The van der Waals surface area contributed by atoms with Crippen molar-refractivity contribution in [3.63, 3.8) is 0 Å². The fourth-order valence-electron chi connectivity index (χ4n) is 0.716. The quantitative estimate of drug-likeness (QED) is 0.560. The number of hydrogen-bond donors (Lipinski definition) is 1. The molecule has 0 aliphatic heterocycles. The summed E-state index contributed by atoms with van der Waals surface area (Å²) in [6.45, 7) is 7.83. The lowest BCUT2D eigenvalue weighted by Gasteiger charge is -2.01. The van der Waals surface area contributed by atoms with Crippen molar-refractivity contribution in [1.29, 1.82) is 5.41 Å². The molecule has 1 nitrogen and oxygen atoms in total. The zero-order valence-corrected chi connectivity index (χ0v) is 6.41. The molecule has 1 atom stereocenters. The molecule has 1 unspecified atom stereocenters. The maximum Gasteiger partial charge on any atom is 0.00582 e. The Labute approximate surface area is 58.0 Å². The summed E-state index contributed by atoms with van der Waals surface area (Å²) < 4.78 is 0. The molecule has 1 heteroatoms. The zero-order chi connectivity index (χ0) is 7.28. The molecule has 0 aliphatic rings. The molecule has 0 heterocycles. The first kappa shape index (κ1) is 8.67. The summed E-state index contributed by atoms with van der Waals surface area (Å²) >= 11 is 0. The summed E-state index contributed by atoms with van der Waals surface area (Å²) in [5.74, 6) is 0.546. The summed E-state index contributed by atoms with van der Waals surface area (Å²) in [6.07, 6.45) is 3.22. The third-order valence-electron chi connectivity index (χ3n) is 1.25. The Morgan fingerprint density at radius 2 is 2.22 bits per heavy atom. The third-order valence-corrected chi connectivity index (χ3v) is 1.25. The highest BCUT2D eigenvalue weighted by Gasteiger charge is 1.93. The van der Waals surface area contributed by atoms with Gasteiger partial charge in [0.25, 0.3) is 0 Å². The summed E-state index contributed by atoms with van der Waals surface area (Å²) in [6, 6.07) is 0. The third kappa shape index (κ3) is 7.67. The van der Waals surface area contributed by atoms with Crippen LogP contribution in [0.25, 0.3) is 0 Å². The molecule has 0 saturated heterocycles. The van der Waals surface area contributed by atoms with Crippen molar-refractivity contribution in [3.05, 3.63) is 6.92 Å². The fourth-order valence-corrected chi connectivity index (χ4v) is 0.716. The lowest BCUT2D eigenvalue weighted by Crippen LogP contribution is -1.92. The van der Waals surface area contributed by atoms with E-state index in [9.17, 15) is 0 Å². The number of nitrogens with one attached hydrogen (secondary N) is 1. The second-order valence-electron chi connectivity index (χ2n) is 2.78. The van der Waals surface area contributed by atoms with Crippen molar-refractivity contribution in [2.45, 2.75) is 33.1 Å². The molecule has 0 bridgehead atoms. The fraction of sp³-hybridized carbons (Fsp3) is 0.750. The van der Waals surface area contributed by atoms with Crippen molar-refractivity contribution >= 4 is 5.71 Å². The smallest absolute Gasteiger partial charge is 0.00582 e. The predicted molar refractivity (Wildman–Crippen MR) is 41.8 cm³/mol. The van der Waals surface area contributed by atoms with Gasteiger partial charge < -0.3 is 5.41 Å². The number of hydrogen-bond acceptors (Lipinski definition) is 1. The van der Waals surface area contributed by atoms with Gasteiger partial charge in [0, 0.05) is 5.71 Å². The Kier molecular flexibility index (Phi) is 4.37. The van der Waals surface area contributed by atoms with E-state index in [1.165, 1.54) is 0 Å². The highest BCUT2D eigenvalue weighted by atomic mass is 14.4. The first-order valence-corrected chi connectivity index (χ1v) is 3.50. The van der Waals surface area contributed by atoms with Crippen LogP contribution in [-0.4, -0.2) is 5.71 Å². The molecule has 0 aromatic carbocycles. The summed E-state index contributed by atoms with van der Waals surface area (Å²) in [4.78, 5) is 0. The topological polar surface area (TPSA) is 23.9 Å². The molecule has 0 saturated carbocycles. The van der Waals surface area contributed by atoms with Crippen molar-refractivity contribution in [1.82, 2.24) is 0 Å². The Bertz CT molecular complexity index is 84.6. The van der Waals surface area contributed by atoms with Gasteiger partial charge >= 0.3 is 0 Å².